The van der Waals surface area contributed by atoms with Crippen LogP contribution >= 0.6 is 22.7 Å². The Kier molecular flexibility index (Phi) is 3.72. The molecule has 0 aliphatic carbocycles. The third-order valence-corrected chi connectivity index (χ3v) is 5.10. The van der Waals surface area contributed by atoms with E-state index in [4.69, 9.17) is 0 Å². The zero-order valence-electron chi connectivity index (χ0n) is 10.6. The topological polar surface area (TPSA) is 34.1 Å². The number of fused-ring (bicyclic) bond motifs is 2. The molecule has 0 spiro atoms. The molecule has 0 amide bonds. The van der Waals surface area contributed by atoms with Crippen LogP contribution in [0.25, 0.3) is 20.2 Å². The number of alkyl halides is 3. The average molecular weight is 574 g/mol. The van der Waals surface area contributed by atoms with Crippen molar-refractivity contribution in [1.82, 2.24) is 0 Å². The first kappa shape index (κ1) is 15.7. The molecule has 0 N–H and O–H groups in total. The van der Waals surface area contributed by atoms with Crippen LogP contribution in [0, 0.1) is 0 Å². The summed E-state index contributed by atoms with van der Waals surface area (Å²) in [7, 11) is 0. The minimum atomic E-state index is -5.04. The minimum Gasteiger partial charge on any atom is -0.541 e. The van der Waals surface area contributed by atoms with Crippen LogP contribution in [-0.2, 0) is 9.59 Å². The van der Waals surface area contributed by atoms with Crippen molar-refractivity contribution in [3.8, 4) is 0 Å². The molecule has 1 unspecified atom stereocenters. The van der Waals surface area contributed by atoms with Gasteiger partial charge < -0.3 is 4.79 Å². The first-order valence-corrected chi connectivity index (χ1v) is 7.49. The van der Waals surface area contributed by atoms with Crippen molar-refractivity contribution in [1.29, 1.82) is 0 Å². The van der Waals surface area contributed by atoms with Gasteiger partial charge in [-0.2, -0.15) is 13.2 Å². The van der Waals surface area contributed by atoms with Crippen LogP contribution in [-0.4, -0.2) is 18.2 Å². The largest absolute Gasteiger partial charge is 0.541 e. The SMILES string of the molecule is O=[C-]C(C(=O)C(F)(F)F)c1cc2cc3sccc3cc2s1.[Cm]. The second-order valence-electron chi connectivity index (χ2n) is 4.41. The predicted molar refractivity (Wildman–Crippen MR) is 76.7 cm³/mol. The molecule has 2 aromatic heterocycles. The summed E-state index contributed by atoms with van der Waals surface area (Å²) in [6.07, 6.45) is -3.83. The first-order chi connectivity index (χ1) is 9.90. The zero-order valence-corrected chi connectivity index (χ0v) is 15.2. The van der Waals surface area contributed by atoms with E-state index in [2.05, 4.69) is 0 Å². The van der Waals surface area contributed by atoms with E-state index in [-0.39, 0.29) is 4.88 Å². The molecule has 2 nitrogen and oxygen atoms in total. The van der Waals surface area contributed by atoms with Crippen LogP contribution in [0.5, 0.6) is 0 Å². The van der Waals surface area contributed by atoms with Crippen LogP contribution in [0.2, 0.25) is 0 Å². The normalized spacial score (nSPS) is 13.0. The third-order valence-electron chi connectivity index (χ3n) is 3.05. The summed E-state index contributed by atoms with van der Waals surface area (Å²) in [6, 6.07) is 7.05. The number of hydrogen-bond acceptors (Lipinski definition) is 4. The number of rotatable bonds is 3. The van der Waals surface area contributed by atoms with Crippen LogP contribution < -0.4 is 0 Å². The predicted octanol–water partition coefficient (Wildman–Crippen LogP) is 4.44. The molecule has 8 heteroatoms. The molecule has 1 atom stereocenters. The Hall–Kier alpha value is -2.73. The van der Waals surface area contributed by atoms with E-state index >= 15 is 0 Å². The summed E-state index contributed by atoms with van der Waals surface area (Å²) in [4.78, 5) is 22.2. The molecule has 0 aliphatic heterocycles. The van der Waals surface area contributed by atoms with Gasteiger partial charge in [0.1, 0.15) is 0 Å². The molecule has 22 heavy (non-hydrogen) atoms. The quantitative estimate of drug-likeness (QED) is 0.343. The van der Waals surface area contributed by atoms with Gasteiger partial charge in [0.15, 0.2) is 0 Å². The van der Waals surface area contributed by atoms with Crippen LogP contribution in [0.3, 0.4) is 0 Å². The molecule has 0 aliphatic rings. The summed E-state index contributed by atoms with van der Waals surface area (Å²) in [5.74, 6) is -3.98. The van der Waals surface area contributed by atoms with Crippen molar-refractivity contribution in [2.45, 2.75) is 12.1 Å². The van der Waals surface area contributed by atoms with Gasteiger partial charge in [0, 0.05) is 9.40 Å². The number of thiophene rings is 2. The Bertz CT molecular complexity index is 803. The maximum absolute atomic E-state index is 12.5. The Balaban J connectivity index is 0.00000176. The van der Waals surface area contributed by atoms with E-state index < -0.39 is 17.9 Å². The first-order valence-electron chi connectivity index (χ1n) is 5.79. The number of carbonyl (C=O) groups excluding carboxylic acids is 2. The fourth-order valence-corrected chi connectivity index (χ4v) is 4.02. The second-order valence-corrected chi connectivity index (χ2v) is 6.47. The van der Waals surface area contributed by atoms with Gasteiger partial charge in [-0.1, -0.05) is 0 Å². The Labute approximate surface area is 124 Å². The molecule has 0 radical (unpaired) electrons. The van der Waals surface area contributed by atoms with E-state index in [1.165, 1.54) is 23.7 Å². The van der Waals surface area contributed by atoms with E-state index in [9.17, 15) is 22.8 Å². The monoisotopic (exact) mass is 570 g/mol. The molecule has 1 aromatic carbocycles. The fraction of sp³-hybridized carbons (Fsp3) is 0.143. The maximum atomic E-state index is 12.5. The summed E-state index contributed by atoms with van der Waals surface area (Å²) in [5.41, 5.74) is 0. The zero-order chi connectivity index (χ0) is 15.2. The maximum Gasteiger partial charge on any atom is 0.448 e. The van der Waals surface area contributed by atoms with Gasteiger partial charge in [0.05, 0.1) is 0 Å². The molecule has 2 heterocycles. The molecule has 0 saturated heterocycles. The third kappa shape index (κ3) is 2.44. The van der Waals surface area contributed by atoms with Gasteiger partial charge in [-0.3, -0.25) is 4.79 Å². The van der Waals surface area contributed by atoms with Crippen molar-refractivity contribution < 1.29 is 22.8 Å². The summed E-state index contributed by atoms with van der Waals surface area (Å²) >= 11 is 2.53. The van der Waals surface area contributed by atoms with Crippen molar-refractivity contribution >= 4 is 54.9 Å². The van der Waals surface area contributed by atoms with E-state index in [1.54, 1.807) is 0 Å². The van der Waals surface area contributed by atoms with Crippen LogP contribution in [0.4, 0.5) is 13.2 Å². The van der Waals surface area contributed by atoms with E-state index in [1.807, 2.05) is 23.6 Å². The molecular weight excluding hydrogens is 568 g/mol. The van der Waals surface area contributed by atoms with Crippen molar-refractivity contribution in [2.75, 3.05) is 0 Å². The number of Topliss-reactive ketones (excluding diaryl/α,β-unsaturated/α-hetero) is 1. The van der Waals surface area contributed by atoms with Gasteiger partial charge >= 0.3 is 6.18 Å². The van der Waals surface area contributed by atoms with Gasteiger partial charge in [0.25, 0.3) is 0 Å². The minimum absolute atomic E-state index is 0. The number of ketones is 1. The summed E-state index contributed by atoms with van der Waals surface area (Å²) in [6.45, 7) is 0. The van der Waals surface area contributed by atoms with E-state index in [0.29, 0.717) is 0 Å². The molecule has 116 valence electrons. The average Bonchev–Trinajstić information content (AvgIpc) is 3.00. The fourth-order valence-electron chi connectivity index (χ4n) is 2.06. The Morgan fingerprint density at radius 1 is 1.14 bits per heavy atom. The second kappa shape index (κ2) is 5.23. The molecule has 0 fully saturated rings. The van der Waals surface area contributed by atoms with Crippen molar-refractivity contribution in [3.05, 3.63) is 34.5 Å². The molecule has 3 rings (SSSR count). The van der Waals surface area contributed by atoms with Gasteiger partial charge in [0.2, 0.25) is 5.78 Å². The van der Waals surface area contributed by atoms with Crippen molar-refractivity contribution in [2.24, 2.45) is 0 Å². The van der Waals surface area contributed by atoms with Gasteiger partial charge in [-0.25, -0.2) is 6.29 Å². The Morgan fingerprint density at radius 2 is 1.82 bits per heavy atom. The number of hydrogen-bond donors (Lipinski definition) is 0. The molecular formula is C14H6CmF3O2S2-. The summed E-state index contributed by atoms with van der Waals surface area (Å²) < 4.78 is 39.2. The smallest absolute Gasteiger partial charge is 0.448 e. The molecule has 0 saturated carbocycles. The summed E-state index contributed by atoms with van der Waals surface area (Å²) in [5, 5.41) is 3.62. The van der Waals surface area contributed by atoms with Gasteiger partial charge in [-0.15, -0.1) is 22.7 Å². The van der Waals surface area contributed by atoms with Crippen LogP contribution in [0.1, 0.15) is 10.8 Å². The van der Waals surface area contributed by atoms with E-state index in [0.717, 1.165) is 31.5 Å². The van der Waals surface area contributed by atoms with Crippen LogP contribution in [0.15, 0.2) is 29.6 Å². The molecule has 0 bridgehead atoms. The van der Waals surface area contributed by atoms with Gasteiger partial charge in [-0.05, 0) is 51.2 Å². The number of halogens is 3. The number of carbonyl (C=O) groups is 1. The Morgan fingerprint density at radius 3 is 2.45 bits per heavy atom. The standard InChI is InChI=1S/C14H6F3O2S2.Cm/c15-14(16,17)13(19)9(6-18)12-5-8-4-10-7(1-2-20-10)3-11(8)21-12;/h1-5,9H;/q-1;. The number of benzene rings is 1. The van der Waals surface area contributed by atoms with Crippen molar-refractivity contribution in [3.63, 3.8) is 0 Å². The molecule has 3 aromatic rings.